The summed E-state index contributed by atoms with van der Waals surface area (Å²) in [5.41, 5.74) is -0.581. The van der Waals surface area contributed by atoms with Gasteiger partial charge in [0.25, 0.3) is 0 Å². The number of guanidine groups is 1. The molecule has 6 heteroatoms. The normalized spacial score (nSPS) is 27.7. The molecule has 1 unspecified atom stereocenters. The fourth-order valence-corrected chi connectivity index (χ4v) is 4.26. The number of likely N-dealkylation sites (tertiary alicyclic amines) is 1. The molecule has 2 saturated heterocycles. The lowest BCUT2D eigenvalue weighted by Crippen LogP contribution is -2.48. The lowest BCUT2D eigenvalue weighted by atomic mass is 10.0. The third-order valence-corrected chi connectivity index (χ3v) is 5.93. The van der Waals surface area contributed by atoms with E-state index in [2.05, 4.69) is 17.1 Å². The largest absolute Gasteiger partial charge is 0.388 e. The van der Waals surface area contributed by atoms with Gasteiger partial charge in [0.1, 0.15) is 0 Å². The quantitative estimate of drug-likeness (QED) is 0.557. The number of rotatable bonds is 6. The molecule has 1 saturated carbocycles. The summed E-state index contributed by atoms with van der Waals surface area (Å²) in [4.78, 5) is 7.07. The zero-order valence-corrected chi connectivity index (χ0v) is 16.4. The summed E-state index contributed by atoms with van der Waals surface area (Å²) in [7, 11) is 0. The van der Waals surface area contributed by atoms with Crippen LogP contribution in [0.15, 0.2) is 4.99 Å². The Labute approximate surface area is 158 Å². The van der Waals surface area contributed by atoms with Gasteiger partial charge in [0.15, 0.2) is 5.96 Å². The zero-order chi connectivity index (χ0) is 18.2. The van der Waals surface area contributed by atoms with Crippen molar-refractivity contribution >= 4 is 5.96 Å². The van der Waals surface area contributed by atoms with Crippen LogP contribution < -0.4 is 5.32 Å². The SMILES string of the molecule is CCNC(=NCC1(O)CCCC1)N1CCC(OCC2CCCCO2)CC1. The molecule has 0 bridgehead atoms. The van der Waals surface area contributed by atoms with Crippen LogP contribution in [-0.2, 0) is 9.47 Å². The summed E-state index contributed by atoms with van der Waals surface area (Å²) in [6.07, 6.45) is 10.3. The van der Waals surface area contributed by atoms with Crippen molar-refractivity contribution < 1.29 is 14.6 Å². The van der Waals surface area contributed by atoms with Gasteiger partial charge in [0, 0.05) is 26.2 Å². The van der Waals surface area contributed by atoms with E-state index < -0.39 is 5.60 Å². The topological polar surface area (TPSA) is 66.3 Å². The molecule has 0 aromatic carbocycles. The molecule has 2 aliphatic heterocycles. The van der Waals surface area contributed by atoms with Gasteiger partial charge < -0.3 is 24.8 Å². The fraction of sp³-hybridized carbons (Fsp3) is 0.950. The maximum absolute atomic E-state index is 10.6. The minimum Gasteiger partial charge on any atom is -0.388 e. The van der Waals surface area contributed by atoms with Crippen molar-refractivity contribution in [2.24, 2.45) is 4.99 Å². The smallest absolute Gasteiger partial charge is 0.194 e. The Morgan fingerprint density at radius 3 is 2.62 bits per heavy atom. The van der Waals surface area contributed by atoms with E-state index in [4.69, 9.17) is 14.5 Å². The highest BCUT2D eigenvalue weighted by Gasteiger charge is 2.31. The highest BCUT2D eigenvalue weighted by atomic mass is 16.5. The van der Waals surface area contributed by atoms with Gasteiger partial charge in [-0.2, -0.15) is 0 Å². The Morgan fingerprint density at radius 2 is 1.96 bits per heavy atom. The number of hydrogen-bond acceptors (Lipinski definition) is 4. The molecule has 3 rings (SSSR count). The third-order valence-electron chi connectivity index (χ3n) is 5.93. The van der Waals surface area contributed by atoms with Crippen molar-refractivity contribution in [3.05, 3.63) is 0 Å². The van der Waals surface area contributed by atoms with Gasteiger partial charge in [-0.25, -0.2) is 0 Å². The maximum Gasteiger partial charge on any atom is 0.194 e. The van der Waals surface area contributed by atoms with Crippen LogP contribution in [0.4, 0.5) is 0 Å². The molecule has 2 heterocycles. The van der Waals surface area contributed by atoms with Crippen molar-refractivity contribution in [2.45, 2.75) is 82.5 Å². The van der Waals surface area contributed by atoms with Crippen molar-refractivity contribution in [3.8, 4) is 0 Å². The Balaban J connectivity index is 1.43. The number of nitrogens with one attached hydrogen (secondary N) is 1. The molecule has 0 radical (unpaired) electrons. The second-order valence-electron chi connectivity index (χ2n) is 8.11. The second-order valence-corrected chi connectivity index (χ2v) is 8.11. The first-order valence-corrected chi connectivity index (χ1v) is 10.7. The number of aliphatic hydroxyl groups is 1. The highest BCUT2D eigenvalue weighted by molar-refractivity contribution is 5.80. The molecule has 0 amide bonds. The van der Waals surface area contributed by atoms with Crippen LogP contribution >= 0.6 is 0 Å². The van der Waals surface area contributed by atoms with E-state index in [-0.39, 0.29) is 0 Å². The molecule has 150 valence electrons. The Bertz CT molecular complexity index is 438. The molecule has 26 heavy (non-hydrogen) atoms. The summed E-state index contributed by atoms with van der Waals surface area (Å²) in [6.45, 7) is 7.02. The average molecular weight is 368 g/mol. The molecular weight excluding hydrogens is 330 g/mol. The van der Waals surface area contributed by atoms with Crippen LogP contribution in [0.25, 0.3) is 0 Å². The van der Waals surface area contributed by atoms with Crippen LogP contribution in [0.5, 0.6) is 0 Å². The first-order valence-electron chi connectivity index (χ1n) is 10.7. The molecule has 0 aromatic rings. The molecule has 0 aromatic heterocycles. The van der Waals surface area contributed by atoms with Gasteiger partial charge in [-0.05, 0) is 51.9 Å². The van der Waals surface area contributed by atoms with E-state index in [1.54, 1.807) is 0 Å². The minimum absolute atomic E-state index is 0.299. The molecule has 2 N–H and O–H groups in total. The van der Waals surface area contributed by atoms with Gasteiger partial charge in [-0.3, -0.25) is 4.99 Å². The summed E-state index contributed by atoms with van der Waals surface area (Å²) >= 11 is 0. The van der Waals surface area contributed by atoms with Gasteiger partial charge in [-0.15, -0.1) is 0 Å². The first kappa shape index (κ1) is 19.9. The van der Waals surface area contributed by atoms with Crippen LogP contribution in [0.1, 0.15) is 64.7 Å². The highest BCUT2D eigenvalue weighted by Crippen LogP contribution is 2.29. The molecule has 0 spiro atoms. The molecule has 1 aliphatic carbocycles. The number of hydrogen-bond donors (Lipinski definition) is 2. The average Bonchev–Trinajstić information content (AvgIpc) is 3.12. The van der Waals surface area contributed by atoms with Crippen molar-refractivity contribution in [2.75, 3.05) is 39.4 Å². The van der Waals surface area contributed by atoms with E-state index in [1.165, 1.54) is 12.8 Å². The van der Waals surface area contributed by atoms with Crippen LogP contribution in [0.3, 0.4) is 0 Å². The Kier molecular flexibility index (Phi) is 7.58. The molecule has 1 atom stereocenters. The summed E-state index contributed by atoms with van der Waals surface area (Å²) in [6, 6.07) is 0. The standard InChI is InChI=1S/C20H37N3O3/c1-2-21-19(22-16-20(24)10-4-5-11-20)23-12-8-17(9-13-23)26-15-18-7-3-6-14-25-18/h17-18,24H,2-16H2,1H3,(H,21,22). The van der Waals surface area contributed by atoms with Crippen LogP contribution in [-0.4, -0.2) is 73.2 Å². The molecular formula is C20H37N3O3. The van der Waals surface area contributed by atoms with Gasteiger partial charge in [-0.1, -0.05) is 12.8 Å². The molecule has 3 aliphatic rings. The van der Waals surface area contributed by atoms with E-state index in [1.807, 2.05) is 0 Å². The minimum atomic E-state index is -0.581. The summed E-state index contributed by atoms with van der Waals surface area (Å²) in [5, 5.41) is 14.0. The summed E-state index contributed by atoms with van der Waals surface area (Å²) < 4.78 is 11.9. The lowest BCUT2D eigenvalue weighted by Gasteiger charge is -2.35. The van der Waals surface area contributed by atoms with Crippen LogP contribution in [0, 0.1) is 0 Å². The van der Waals surface area contributed by atoms with Crippen molar-refractivity contribution in [1.82, 2.24) is 10.2 Å². The number of aliphatic imine (C=N–C) groups is 1. The van der Waals surface area contributed by atoms with E-state index in [0.717, 1.165) is 83.8 Å². The van der Waals surface area contributed by atoms with Crippen LogP contribution in [0.2, 0.25) is 0 Å². The van der Waals surface area contributed by atoms with E-state index in [0.29, 0.717) is 18.8 Å². The fourth-order valence-electron chi connectivity index (χ4n) is 4.26. The number of ether oxygens (including phenoxy) is 2. The predicted octanol–water partition coefficient (Wildman–Crippen LogP) is 2.31. The first-order chi connectivity index (χ1) is 12.7. The molecule has 6 nitrogen and oxygen atoms in total. The van der Waals surface area contributed by atoms with Crippen molar-refractivity contribution in [3.63, 3.8) is 0 Å². The second kappa shape index (κ2) is 9.90. The van der Waals surface area contributed by atoms with Gasteiger partial charge >= 0.3 is 0 Å². The zero-order valence-electron chi connectivity index (χ0n) is 16.4. The Morgan fingerprint density at radius 1 is 1.19 bits per heavy atom. The third kappa shape index (κ3) is 5.83. The molecule has 3 fully saturated rings. The maximum atomic E-state index is 10.6. The summed E-state index contributed by atoms with van der Waals surface area (Å²) in [5.74, 6) is 0.946. The Hall–Kier alpha value is -0.850. The number of piperidine rings is 1. The lowest BCUT2D eigenvalue weighted by molar-refractivity contribution is -0.0721. The monoisotopic (exact) mass is 367 g/mol. The number of nitrogens with zero attached hydrogens (tertiary/aromatic N) is 2. The van der Waals surface area contributed by atoms with Gasteiger partial charge in [0.05, 0.1) is 31.0 Å². The van der Waals surface area contributed by atoms with Crippen molar-refractivity contribution in [1.29, 1.82) is 0 Å². The van der Waals surface area contributed by atoms with E-state index >= 15 is 0 Å². The predicted molar refractivity (Wildman–Crippen MR) is 104 cm³/mol. The van der Waals surface area contributed by atoms with E-state index in [9.17, 15) is 5.11 Å². The van der Waals surface area contributed by atoms with Gasteiger partial charge in [0.2, 0.25) is 0 Å².